The lowest BCUT2D eigenvalue weighted by Crippen LogP contribution is -2.44. The summed E-state index contributed by atoms with van der Waals surface area (Å²) in [5.41, 5.74) is -0.379. The second kappa shape index (κ2) is 6.35. The van der Waals surface area contributed by atoms with Gasteiger partial charge in [0.05, 0.1) is 4.90 Å². The van der Waals surface area contributed by atoms with Gasteiger partial charge in [0.25, 0.3) is 0 Å². The van der Waals surface area contributed by atoms with Crippen molar-refractivity contribution in [2.45, 2.75) is 57.5 Å². The second-order valence-electron chi connectivity index (χ2n) is 5.04. The summed E-state index contributed by atoms with van der Waals surface area (Å²) in [7, 11) is -1.58. The first-order valence-electron chi connectivity index (χ1n) is 6.56. The van der Waals surface area contributed by atoms with E-state index in [2.05, 4.69) is 10.0 Å². The molecule has 4 nitrogen and oxygen atoms in total. The summed E-state index contributed by atoms with van der Waals surface area (Å²) in [5.74, 6) is 0. The maximum absolute atomic E-state index is 12.5. The summed E-state index contributed by atoms with van der Waals surface area (Å²) in [6.07, 6.45) is 1.55. The molecule has 0 saturated carbocycles. The minimum absolute atomic E-state index is 0.379. The lowest BCUT2D eigenvalue weighted by atomic mass is 9.98. The van der Waals surface area contributed by atoms with Crippen molar-refractivity contribution in [3.63, 3.8) is 0 Å². The number of rotatable bonds is 7. The Morgan fingerprint density at radius 3 is 2.37 bits per heavy atom. The van der Waals surface area contributed by atoms with Crippen LogP contribution in [0.5, 0.6) is 0 Å². The zero-order chi connectivity index (χ0) is 14.7. The Bertz CT molecular complexity index is 517. The van der Waals surface area contributed by atoms with Crippen molar-refractivity contribution in [3.05, 3.63) is 15.8 Å². The van der Waals surface area contributed by atoms with E-state index in [1.807, 2.05) is 34.7 Å². The fraction of sp³-hybridized carbons (Fsp3) is 0.692. The van der Waals surface area contributed by atoms with Crippen LogP contribution in [-0.4, -0.2) is 21.0 Å². The standard InChI is InChI=1S/C13H24N2O2S2/c1-6-13(4,7-2)15-19(16,17)12-8-11(9-14-5)18-10(12)3/h8,14-15H,6-7,9H2,1-5H3. The molecule has 0 aliphatic heterocycles. The lowest BCUT2D eigenvalue weighted by Gasteiger charge is -2.27. The molecule has 19 heavy (non-hydrogen) atoms. The average Bonchev–Trinajstić information content (AvgIpc) is 2.71. The molecule has 2 N–H and O–H groups in total. The lowest BCUT2D eigenvalue weighted by molar-refractivity contribution is 0.388. The van der Waals surface area contributed by atoms with Crippen LogP contribution in [-0.2, 0) is 16.6 Å². The fourth-order valence-electron chi connectivity index (χ4n) is 1.83. The highest BCUT2D eigenvalue weighted by Gasteiger charge is 2.29. The van der Waals surface area contributed by atoms with Gasteiger partial charge in [0.2, 0.25) is 10.0 Å². The summed E-state index contributed by atoms with van der Waals surface area (Å²) < 4.78 is 27.8. The Hall–Kier alpha value is -0.430. The third-order valence-corrected chi connectivity index (χ3v) is 6.45. The second-order valence-corrected chi connectivity index (χ2v) is 8.03. The largest absolute Gasteiger partial charge is 0.315 e. The Morgan fingerprint density at radius 1 is 1.32 bits per heavy atom. The molecule has 0 spiro atoms. The van der Waals surface area contributed by atoms with Crippen molar-refractivity contribution in [3.8, 4) is 0 Å². The summed E-state index contributed by atoms with van der Waals surface area (Å²) in [4.78, 5) is 2.29. The van der Waals surface area contributed by atoms with E-state index in [4.69, 9.17) is 0 Å². The average molecular weight is 304 g/mol. The zero-order valence-electron chi connectivity index (χ0n) is 12.3. The SMILES string of the molecule is CCC(C)(CC)NS(=O)(=O)c1cc(CNC)sc1C. The van der Waals surface area contributed by atoms with E-state index in [1.54, 1.807) is 6.07 Å². The Kier molecular flexibility index (Phi) is 5.55. The van der Waals surface area contributed by atoms with Crippen molar-refractivity contribution < 1.29 is 8.42 Å². The van der Waals surface area contributed by atoms with Crippen LogP contribution in [0.3, 0.4) is 0 Å². The molecule has 110 valence electrons. The molecule has 6 heteroatoms. The summed E-state index contributed by atoms with van der Waals surface area (Å²) in [5, 5.41) is 3.04. The predicted octanol–water partition coefficient (Wildman–Crippen LogP) is 2.63. The highest BCUT2D eigenvalue weighted by Crippen LogP contribution is 2.27. The summed E-state index contributed by atoms with van der Waals surface area (Å²) in [6, 6.07) is 1.77. The molecule has 0 aliphatic rings. The third kappa shape index (κ3) is 4.02. The van der Waals surface area contributed by atoms with Crippen LogP contribution in [0.2, 0.25) is 0 Å². The van der Waals surface area contributed by atoms with E-state index in [1.165, 1.54) is 11.3 Å². The number of nitrogens with one attached hydrogen (secondary N) is 2. The van der Waals surface area contributed by atoms with Crippen molar-refractivity contribution in [2.75, 3.05) is 7.05 Å². The van der Waals surface area contributed by atoms with Crippen molar-refractivity contribution >= 4 is 21.4 Å². The van der Waals surface area contributed by atoms with Crippen LogP contribution in [0.25, 0.3) is 0 Å². The van der Waals surface area contributed by atoms with Gasteiger partial charge in [-0.2, -0.15) is 0 Å². The molecule has 0 radical (unpaired) electrons. The molecule has 0 atom stereocenters. The van der Waals surface area contributed by atoms with Crippen LogP contribution >= 0.6 is 11.3 Å². The number of aryl methyl sites for hydroxylation is 1. The van der Waals surface area contributed by atoms with Gasteiger partial charge in [0, 0.05) is 21.8 Å². The maximum Gasteiger partial charge on any atom is 0.242 e. The Morgan fingerprint density at radius 2 is 1.89 bits per heavy atom. The van der Waals surface area contributed by atoms with Crippen molar-refractivity contribution in [1.82, 2.24) is 10.0 Å². The maximum atomic E-state index is 12.5. The van der Waals surface area contributed by atoms with E-state index in [0.717, 1.165) is 22.6 Å². The first-order valence-corrected chi connectivity index (χ1v) is 8.86. The first kappa shape index (κ1) is 16.6. The van der Waals surface area contributed by atoms with Crippen LogP contribution in [0.4, 0.5) is 0 Å². The monoisotopic (exact) mass is 304 g/mol. The Labute approximate surface area is 120 Å². The summed E-state index contributed by atoms with van der Waals surface area (Å²) >= 11 is 1.53. The molecule has 0 unspecified atom stereocenters. The fourth-order valence-corrected chi connectivity index (χ4v) is 5.02. The quantitative estimate of drug-likeness (QED) is 0.814. The molecule has 1 heterocycles. The van der Waals surface area contributed by atoms with Gasteiger partial charge >= 0.3 is 0 Å². The van der Waals surface area contributed by atoms with Gasteiger partial charge in [-0.1, -0.05) is 13.8 Å². The first-order chi connectivity index (χ1) is 8.78. The van der Waals surface area contributed by atoms with E-state index < -0.39 is 10.0 Å². The van der Waals surface area contributed by atoms with E-state index in [-0.39, 0.29) is 5.54 Å². The zero-order valence-corrected chi connectivity index (χ0v) is 14.0. The normalized spacial score (nSPS) is 12.9. The minimum atomic E-state index is -3.44. The molecule has 0 aromatic carbocycles. The van der Waals surface area contributed by atoms with Crippen LogP contribution in [0.1, 0.15) is 43.4 Å². The van der Waals surface area contributed by atoms with E-state index in [0.29, 0.717) is 11.4 Å². The number of thiophene rings is 1. The molecule has 0 aliphatic carbocycles. The van der Waals surface area contributed by atoms with E-state index >= 15 is 0 Å². The van der Waals surface area contributed by atoms with Crippen molar-refractivity contribution in [1.29, 1.82) is 0 Å². The number of sulfonamides is 1. The third-order valence-electron chi connectivity index (χ3n) is 3.51. The highest BCUT2D eigenvalue weighted by molar-refractivity contribution is 7.89. The van der Waals surface area contributed by atoms with Gasteiger partial charge in [-0.15, -0.1) is 11.3 Å². The topological polar surface area (TPSA) is 58.2 Å². The van der Waals surface area contributed by atoms with Crippen molar-refractivity contribution in [2.24, 2.45) is 0 Å². The molecule has 1 aromatic rings. The molecule has 1 aromatic heterocycles. The van der Waals surface area contributed by atoms with Gasteiger partial charge < -0.3 is 5.32 Å². The molecule has 0 bridgehead atoms. The Balaban J connectivity index is 3.07. The van der Waals surface area contributed by atoms with Gasteiger partial charge in [0.1, 0.15) is 0 Å². The molecule has 0 fully saturated rings. The molecular formula is C13H24N2O2S2. The van der Waals surface area contributed by atoms with Gasteiger partial charge in [-0.25, -0.2) is 13.1 Å². The van der Waals surface area contributed by atoms with Gasteiger partial charge in [0.15, 0.2) is 0 Å². The molecular weight excluding hydrogens is 280 g/mol. The number of hydrogen-bond acceptors (Lipinski definition) is 4. The minimum Gasteiger partial charge on any atom is -0.315 e. The number of hydrogen-bond donors (Lipinski definition) is 2. The highest BCUT2D eigenvalue weighted by atomic mass is 32.2. The smallest absolute Gasteiger partial charge is 0.242 e. The molecule has 0 saturated heterocycles. The summed E-state index contributed by atoms with van der Waals surface area (Å²) in [6.45, 7) is 8.49. The van der Waals surface area contributed by atoms with Crippen LogP contribution in [0, 0.1) is 6.92 Å². The van der Waals surface area contributed by atoms with E-state index in [9.17, 15) is 8.42 Å². The predicted molar refractivity (Wildman–Crippen MR) is 81.1 cm³/mol. The van der Waals surface area contributed by atoms with Gasteiger partial charge in [-0.05, 0) is 39.8 Å². The van der Waals surface area contributed by atoms with Crippen LogP contribution < -0.4 is 10.0 Å². The molecule has 1 rings (SSSR count). The van der Waals surface area contributed by atoms with Crippen LogP contribution in [0.15, 0.2) is 11.0 Å². The van der Waals surface area contributed by atoms with Gasteiger partial charge in [-0.3, -0.25) is 0 Å². The molecule has 0 amide bonds.